The topological polar surface area (TPSA) is 95.8 Å². The molecule has 0 unspecified atom stereocenters. The van der Waals surface area contributed by atoms with Crippen LogP contribution in [0.15, 0.2) is 70.1 Å². The van der Waals surface area contributed by atoms with E-state index in [1.165, 1.54) is 12.1 Å². The van der Waals surface area contributed by atoms with Crippen LogP contribution in [0.2, 0.25) is 0 Å². The van der Waals surface area contributed by atoms with Crippen molar-refractivity contribution >= 4 is 21.6 Å². The van der Waals surface area contributed by atoms with Gasteiger partial charge in [-0.2, -0.15) is 0 Å². The summed E-state index contributed by atoms with van der Waals surface area (Å²) < 4.78 is 32.7. The fourth-order valence-corrected chi connectivity index (χ4v) is 4.58. The Kier molecular flexibility index (Phi) is 6.06. The Balaban J connectivity index is 1.33. The summed E-state index contributed by atoms with van der Waals surface area (Å²) in [5, 5.41) is 3.90. The lowest BCUT2D eigenvalue weighted by Crippen LogP contribution is -2.48. The molecule has 8 nitrogen and oxygen atoms in total. The van der Waals surface area contributed by atoms with E-state index < -0.39 is 10.0 Å². The summed E-state index contributed by atoms with van der Waals surface area (Å²) in [5.74, 6) is 0.762. The molecule has 0 spiro atoms. The Hall–Kier alpha value is -3.17. The van der Waals surface area contributed by atoms with Crippen molar-refractivity contribution in [2.24, 2.45) is 0 Å². The zero-order valence-electron chi connectivity index (χ0n) is 17.2. The molecule has 2 aromatic carbocycles. The minimum Gasteiger partial charge on any atom is -0.360 e. The van der Waals surface area contributed by atoms with Gasteiger partial charge in [-0.25, -0.2) is 8.42 Å². The maximum atomic E-state index is 12.8. The number of benzene rings is 2. The molecule has 1 aliphatic heterocycles. The van der Waals surface area contributed by atoms with Crippen LogP contribution < -0.4 is 4.72 Å². The van der Waals surface area contributed by atoms with Crippen molar-refractivity contribution in [2.75, 3.05) is 30.9 Å². The van der Waals surface area contributed by atoms with Crippen LogP contribution in [0.4, 0.5) is 5.69 Å². The second-order valence-corrected chi connectivity index (χ2v) is 9.18. The molecule has 0 atom stereocenters. The maximum Gasteiger partial charge on any atom is 0.261 e. The second kappa shape index (κ2) is 8.91. The van der Waals surface area contributed by atoms with Crippen LogP contribution in [0.5, 0.6) is 0 Å². The minimum absolute atomic E-state index is 0.0624. The molecule has 1 aromatic heterocycles. The number of hydrogen-bond donors (Lipinski definition) is 1. The first-order chi connectivity index (χ1) is 14.9. The quantitative estimate of drug-likeness (QED) is 0.633. The molecular weight excluding hydrogens is 416 g/mol. The lowest BCUT2D eigenvalue weighted by atomic mass is 10.1. The largest absolute Gasteiger partial charge is 0.360 e. The van der Waals surface area contributed by atoms with Gasteiger partial charge in [0.15, 0.2) is 5.76 Å². The highest BCUT2D eigenvalue weighted by atomic mass is 32.2. The van der Waals surface area contributed by atoms with Gasteiger partial charge < -0.3 is 9.42 Å². The van der Waals surface area contributed by atoms with Crippen LogP contribution in [0, 0.1) is 6.92 Å². The zero-order chi connectivity index (χ0) is 21.8. The van der Waals surface area contributed by atoms with Crippen molar-refractivity contribution in [3.63, 3.8) is 0 Å². The summed E-state index contributed by atoms with van der Waals surface area (Å²) in [7, 11) is -3.66. The van der Waals surface area contributed by atoms with Gasteiger partial charge in [-0.1, -0.05) is 23.4 Å². The lowest BCUT2D eigenvalue weighted by Gasteiger charge is -2.34. The number of aryl methyl sites for hydroxylation is 1. The van der Waals surface area contributed by atoms with Gasteiger partial charge in [0.25, 0.3) is 15.9 Å². The Morgan fingerprint density at radius 2 is 1.71 bits per heavy atom. The highest BCUT2D eigenvalue weighted by Crippen LogP contribution is 2.18. The molecule has 1 amide bonds. The molecule has 9 heteroatoms. The first-order valence-corrected chi connectivity index (χ1v) is 11.5. The Labute approximate surface area is 181 Å². The standard InChI is InChI=1S/C22H24N4O4S/c1-17-15-20(30-23-17)16-25-11-13-26(14-12-25)22(27)18-7-9-19(10-8-18)24-31(28,29)21-5-3-2-4-6-21/h2-10,15,24H,11-14,16H2,1H3. The SMILES string of the molecule is Cc1cc(CN2CCN(C(=O)c3ccc(NS(=O)(=O)c4ccccc4)cc3)CC2)on1. The number of anilines is 1. The van der Waals surface area contributed by atoms with Gasteiger partial charge in [0.05, 0.1) is 17.1 Å². The highest BCUT2D eigenvalue weighted by molar-refractivity contribution is 7.92. The van der Waals surface area contributed by atoms with Gasteiger partial charge in [-0.05, 0) is 43.3 Å². The molecule has 0 bridgehead atoms. The predicted molar refractivity (Wildman–Crippen MR) is 116 cm³/mol. The summed E-state index contributed by atoms with van der Waals surface area (Å²) in [6.07, 6.45) is 0. The number of sulfonamides is 1. The van der Waals surface area contributed by atoms with Crippen LogP contribution in [-0.4, -0.2) is 55.5 Å². The lowest BCUT2D eigenvalue weighted by molar-refractivity contribution is 0.0617. The van der Waals surface area contributed by atoms with E-state index in [4.69, 9.17) is 4.52 Å². The molecule has 1 fully saturated rings. The van der Waals surface area contributed by atoms with E-state index in [0.29, 0.717) is 30.9 Å². The Morgan fingerprint density at radius 3 is 2.32 bits per heavy atom. The summed E-state index contributed by atoms with van der Waals surface area (Å²) in [6, 6.07) is 16.6. The molecule has 1 N–H and O–H groups in total. The molecule has 0 aliphatic carbocycles. The normalized spacial score (nSPS) is 15.1. The molecule has 3 aromatic rings. The summed E-state index contributed by atoms with van der Waals surface area (Å²) in [5.41, 5.74) is 1.80. The Bertz CT molecular complexity index is 1140. The maximum absolute atomic E-state index is 12.8. The van der Waals surface area contributed by atoms with Crippen molar-refractivity contribution in [2.45, 2.75) is 18.4 Å². The third kappa shape index (κ3) is 5.12. The van der Waals surface area contributed by atoms with Gasteiger partial charge in [-0.3, -0.25) is 14.4 Å². The van der Waals surface area contributed by atoms with Crippen molar-refractivity contribution in [3.05, 3.63) is 77.7 Å². The van der Waals surface area contributed by atoms with E-state index in [2.05, 4.69) is 14.8 Å². The monoisotopic (exact) mass is 440 g/mol. The highest BCUT2D eigenvalue weighted by Gasteiger charge is 2.23. The number of rotatable bonds is 6. The number of aromatic nitrogens is 1. The smallest absolute Gasteiger partial charge is 0.261 e. The molecule has 0 saturated carbocycles. The third-order valence-corrected chi connectivity index (χ3v) is 6.55. The first kappa shape index (κ1) is 21.1. The summed E-state index contributed by atoms with van der Waals surface area (Å²) in [4.78, 5) is 17.1. The number of hydrogen-bond acceptors (Lipinski definition) is 6. The van der Waals surface area contributed by atoms with Gasteiger partial charge in [0.1, 0.15) is 0 Å². The van der Waals surface area contributed by atoms with E-state index in [1.54, 1.807) is 42.5 Å². The fourth-order valence-electron chi connectivity index (χ4n) is 3.50. The second-order valence-electron chi connectivity index (χ2n) is 7.50. The van der Waals surface area contributed by atoms with E-state index in [1.807, 2.05) is 17.9 Å². The minimum atomic E-state index is -3.66. The van der Waals surface area contributed by atoms with E-state index >= 15 is 0 Å². The van der Waals surface area contributed by atoms with Crippen molar-refractivity contribution < 1.29 is 17.7 Å². The van der Waals surface area contributed by atoms with Crippen molar-refractivity contribution in [1.29, 1.82) is 0 Å². The fraction of sp³-hybridized carbons (Fsp3) is 0.273. The van der Waals surface area contributed by atoms with Crippen molar-refractivity contribution in [1.82, 2.24) is 15.0 Å². The number of nitrogens with one attached hydrogen (secondary N) is 1. The zero-order valence-corrected chi connectivity index (χ0v) is 18.0. The van der Waals surface area contributed by atoms with E-state index in [-0.39, 0.29) is 10.8 Å². The van der Waals surface area contributed by atoms with Crippen LogP contribution in [-0.2, 0) is 16.6 Å². The Morgan fingerprint density at radius 1 is 1.03 bits per heavy atom. The predicted octanol–water partition coefficient (Wildman–Crippen LogP) is 2.74. The van der Waals surface area contributed by atoms with Crippen LogP contribution in [0.3, 0.4) is 0 Å². The number of carbonyl (C=O) groups is 1. The number of amides is 1. The average Bonchev–Trinajstić information content (AvgIpc) is 3.19. The molecular formula is C22H24N4O4S. The van der Waals surface area contributed by atoms with E-state index in [0.717, 1.165) is 24.5 Å². The number of piperazine rings is 1. The molecule has 31 heavy (non-hydrogen) atoms. The van der Waals surface area contributed by atoms with Gasteiger partial charge in [0.2, 0.25) is 0 Å². The molecule has 0 radical (unpaired) electrons. The van der Waals surface area contributed by atoms with Gasteiger partial charge in [0, 0.05) is 43.5 Å². The van der Waals surface area contributed by atoms with Gasteiger partial charge in [-0.15, -0.1) is 0 Å². The van der Waals surface area contributed by atoms with Crippen LogP contribution >= 0.6 is 0 Å². The molecule has 1 aliphatic rings. The van der Waals surface area contributed by atoms with E-state index in [9.17, 15) is 13.2 Å². The summed E-state index contributed by atoms with van der Waals surface area (Å²) in [6.45, 7) is 5.31. The molecule has 2 heterocycles. The number of carbonyl (C=O) groups excluding carboxylic acids is 1. The molecule has 1 saturated heterocycles. The molecule has 4 rings (SSSR count). The van der Waals surface area contributed by atoms with Crippen LogP contribution in [0.25, 0.3) is 0 Å². The van der Waals surface area contributed by atoms with Gasteiger partial charge >= 0.3 is 0 Å². The first-order valence-electron chi connectivity index (χ1n) is 10.0. The summed E-state index contributed by atoms with van der Waals surface area (Å²) >= 11 is 0. The van der Waals surface area contributed by atoms with Crippen molar-refractivity contribution in [3.8, 4) is 0 Å². The number of nitrogens with zero attached hydrogens (tertiary/aromatic N) is 3. The average molecular weight is 441 g/mol. The third-order valence-electron chi connectivity index (χ3n) is 5.15. The van der Waals surface area contributed by atoms with Crippen LogP contribution in [0.1, 0.15) is 21.8 Å². The molecule has 162 valence electrons.